The highest BCUT2D eigenvalue weighted by molar-refractivity contribution is 7.09. The summed E-state index contributed by atoms with van der Waals surface area (Å²) < 4.78 is 5.79. The minimum atomic E-state index is -0.155. The summed E-state index contributed by atoms with van der Waals surface area (Å²) in [4.78, 5) is 21.8. The number of carbonyl (C=O) groups excluding carboxylic acids is 1. The monoisotopic (exact) mass is 422 g/mol. The molecular weight excluding hydrogens is 396 g/mol. The van der Waals surface area contributed by atoms with Crippen LogP contribution in [0.4, 0.5) is 11.4 Å². The van der Waals surface area contributed by atoms with Crippen LogP contribution < -0.4 is 15.0 Å². The number of anilines is 2. The van der Waals surface area contributed by atoms with Gasteiger partial charge in [-0.05, 0) is 56.4 Å². The topological polar surface area (TPSA) is 57.7 Å². The van der Waals surface area contributed by atoms with E-state index in [1.54, 1.807) is 23.5 Å². The number of hydrogen-bond donors (Lipinski definition) is 1. The molecule has 2 heterocycles. The second-order valence-electron chi connectivity index (χ2n) is 7.47. The first-order valence-corrected chi connectivity index (χ1v) is 10.9. The van der Waals surface area contributed by atoms with Crippen LogP contribution in [0.2, 0.25) is 0 Å². The minimum Gasteiger partial charge on any atom is -0.487 e. The third kappa shape index (κ3) is 5.17. The number of nitrogens with one attached hydrogen (secondary N) is 1. The smallest absolute Gasteiger partial charge is 0.255 e. The summed E-state index contributed by atoms with van der Waals surface area (Å²) in [6, 6.07) is 15.3. The third-order valence-corrected chi connectivity index (χ3v) is 5.97. The van der Waals surface area contributed by atoms with Gasteiger partial charge < -0.3 is 19.9 Å². The van der Waals surface area contributed by atoms with Crippen LogP contribution in [0.15, 0.2) is 53.9 Å². The maximum atomic E-state index is 12.7. The summed E-state index contributed by atoms with van der Waals surface area (Å²) >= 11 is 1.60. The van der Waals surface area contributed by atoms with Gasteiger partial charge in [0.1, 0.15) is 12.4 Å². The number of aryl methyl sites for hydroxylation is 1. The highest BCUT2D eigenvalue weighted by Gasteiger charge is 2.14. The molecule has 0 saturated carbocycles. The Hall–Kier alpha value is -2.90. The first-order chi connectivity index (χ1) is 14.6. The molecule has 0 unspecified atom stereocenters. The minimum absolute atomic E-state index is 0.155. The van der Waals surface area contributed by atoms with Crippen molar-refractivity contribution in [2.45, 2.75) is 13.5 Å². The second kappa shape index (κ2) is 9.28. The summed E-state index contributed by atoms with van der Waals surface area (Å²) in [5.74, 6) is 0.496. The molecule has 1 aromatic heterocycles. The number of likely N-dealkylation sites (N-methyl/N-ethyl adjacent to an activating group) is 1. The molecule has 0 radical (unpaired) electrons. The largest absolute Gasteiger partial charge is 0.487 e. The zero-order valence-corrected chi connectivity index (χ0v) is 18.1. The lowest BCUT2D eigenvalue weighted by atomic mass is 10.2. The summed E-state index contributed by atoms with van der Waals surface area (Å²) in [5, 5.41) is 5.97. The van der Waals surface area contributed by atoms with Gasteiger partial charge >= 0.3 is 0 Å². The molecule has 7 heteroatoms. The van der Waals surface area contributed by atoms with E-state index >= 15 is 0 Å². The van der Waals surface area contributed by atoms with Crippen molar-refractivity contribution in [3.05, 3.63) is 70.2 Å². The first kappa shape index (κ1) is 20.4. The van der Waals surface area contributed by atoms with E-state index in [0.717, 1.165) is 42.6 Å². The highest BCUT2D eigenvalue weighted by atomic mass is 32.1. The number of rotatable bonds is 6. The van der Waals surface area contributed by atoms with Crippen molar-refractivity contribution in [3.8, 4) is 5.75 Å². The number of ether oxygens (including phenoxy) is 1. The van der Waals surface area contributed by atoms with E-state index in [0.29, 0.717) is 17.9 Å². The van der Waals surface area contributed by atoms with Crippen molar-refractivity contribution in [3.63, 3.8) is 0 Å². The quantitative estimate of drug-likeness (QED) is 0.650. The van der Waals surface area contributed by atoms with Crippen LogP contribution in [-0.4, -0.2) is 49.0 Å². The second-order valence-corrected chi connectivity index (χ2v) is 8.53. The van der Waals surface area contributed by atoms with Gasteiger partial charge in [0.2, 0.25) is 0 Å². The van der Waals surface area contributed by atoms with E-state index in [4.69, 9.17) is 4.74 Å². The van der Waals surface area contributed by atoms with Crippen molar-refractivity contribution in [1.82, 2.24) is 9.88 Å². The van der Waals surface area contributed by atoms with Crippen LogP contribution in [0.5, 0.6) is 5.75 Å². The lowest BCUT2D eigenvalue weighted by Gasteiger charge is -2.34. The number of nitrogens with zero attached hydrogens (tertiary/aromatic N) is 3. The fourth-order valence-electron chi connectivity index (χ4n) is 3.38. The number of hydrogen-bond acceptors (Lipinski definition) is 6. The van der Waals surface area contributed by atoms with Crippen molar-refractivity contribution in [2.24, 2.45) is 0 Å². The normalized spacial score (nSPS) is 14.5. The number of piperazine rings is 1. The molecule has 1 N–H and O–H groups in total. The molecule has 1 aliphatic rings. The van der Waals surface area contributed by atoms with Crippen LogP contribution in [-0.2, 0) is 6.61 Å². The van der Waals surface area contributed by atoms with Crippen LogP contribution in [0, 0.1) is 6.92 Å². The number of amides is 1. The van der Waals surface area contributed by atoms with Crippen LogP contribution in [0.3, 0.4) is 0 Å². The van der Waals surface area contributed by atoms with Crippen LogP contribution in [0.1, 0.15) is 21.1 Å². The molecule has 1 fully saturated rings. The molecule has 0 spiro atoms. The average molecular weight is 423 g/mol. The van der Waals surface area contributed by atoms with Gasteiger partial charge in [-0.25, -0.2) is 4.98 Å². The first-order valence-electron chi connectivity index (χ1n) is 10.1. The van der Waals surface area contributed by atoms with E-state index in [2.05, 4.69) is 39.3 Å². The van der Waals surface area contributed by atoms with Gasteiger partial charge in [-0.15, -0.1) is 11.3 Å². The molecule has 6 nitrogen and oxygen atoms in total. The van der Waals surface area contributed by atoms with E-state index in [1.165, 1.54) is 5.69 Å². The van der Waals surface area contributed by atoms with Gasteiger partial charge in [0, 0.05) is 48.5 Å². The van der Waals surface area contributed by atoms with Gasteiger partial charge in [0.05, 0.1) is 10.7 Å². The van der Waals surface area contributed by atoms with Gasteiger partial charge in [0.15, 0.2) is 0 Å². The SMILES string of the molecule is Cc1nc(COc2cccc(C(=O)Nc3ccc(N4CCN(C)CC4)cc3)c2)cs1. The van der Waals surface area contributed by atoms with Gasteiger partial charge in [-0.1, -0.05) is 6.07 Å². The summed E-state index contributed by atoms with van der Waals surface area (Å²) in [6.45, 7) is 6.54. The summed E-state index contributed by atoms with van der Waals surface area (Å²) in [7, 11) is 2.15. The van der Waals surface area contributed by atoms with E-state index < -0.39 is 0 Å². The Morgan fingerprint density at radius 2 is 1.90 bits per heavy atom. The lowest BCUT2D eigenvalue weighted by Crippen LogP contribution is -2.44. The fraction of sp³-hybridized carbons (Fsp3) is 0.304. The maximum Gasteiger partial charge on any atom is 0.255 e. The van der Waals surface area contributed by atoms with Gasteiger partial charge in [-0.2, -0.15) is 0 Å². The predicted molar refractivity (Wildman–Crippen MR) is 122 cm³/mol. The molecule has 0 atom stereocenters. The molecule has 3 aromatic rings. The molecule has 0 aliphatic carbocycles. The fourth-order valence-corrected chi connectivity index (χ4v) is 3.98. The number of aromatic nitrogens is 1. The molecule has 4 rings (SSSR count). The third-order valence-electron chi connectivity index (χ3n) is 5.14. The van der Waals surface area contributed by atoms with Gasteiger partial charge in [-0.3, -0.25) is 4.79 Å². The van der Waals surface area contributed by atoms with Crippen molar-refractivity contribution >= 4 is 28.6 Å². The number of thiazole rings is 1. The number of benzene rings is 2. The Bertz CT molecular complexity index is 994. The summed E-state index contributed by atoms with van der Waals surface area (Å²) in [5.41, 5.74) is 3.42. The van der Waals surface area contributed by atoms with Crippen molar-refractivity contribution in [1.29, 1.82) is 0 Å². The maximum absolute atomic E-state index is 12.7. The molecule has 1 saturated heterocycles. The Kier molecular flexibility index (Phi) is 6.30. The summed E-state index contributed by atoms with van der Waals surface area (Å²) in [6.07, 6.45) is 0. The van der Waals surface area contributed by atoms with Crippen molar-refractivity contribution < 1.29 is 9.53 Å². The Morgan fingerprint density at radius 3 is 2.60 bits per heavy atom. The van der Waals surface area contributed by atoms with E-state index in [9.17, 15) is 4.79 Å². The lowest BCUT2D eigenvalue weighted by molar-refractivity contribution is 0.102. The zero-order chi connectivity index (χ0) is 20.9. The van der Waals surface area contributed by atoms with Crippen molar-refractivity contribution in [2.75, 3.05) is 43.4 Å². The van der Waals surface area contributed by atoms with E-state index in [1.807, 2.05) is 36.6 Å². The molecule has 30 heavy (non-hydrogen) atoms. The van der Waals surface area contributed by atoms with Gasteiger partial charge in [0.25, 0.3) is 5.91 Å². The Labute approximate surface area is 181 Å². The molecule has 156 valence electrons. The Balaban J connectivity index is 1.35. The molecule has 2 aromatic carbocycles. The molecular formula is C23H26N4O2S. The average Bonchev–Trinajstić information content (AvgIpc) is 3.19. The van der Waals surface area contributed by atoms with Crippen LogP contribution in [0.25, 0.3) is 0 Å². The van der Waals surface area contributed by atoms with E-state index in [-0.39, 0.29) is 5.91 Å². The molecule has 1 aliphatic heterocycles. The Morgan fingerprint density at radius 1 is 1.13 bits per heavy atom. The van der Waals surface area contributed by atoms with Crippen LogP contribution >= 0.6 is 11.3 Å². The predicted octanol–water partition coefficient (Wildman–Crippen LogP) is 4.03. The zero-order valence-electron chi connectivity index (χ0n) is 17.3. The standard InChI is InChI=1S/C23H26N4O2S/c1-17-24-20(16-30-17)15-29-22-5-3-4-18(14-22)23(28)25-19-6-8-21(9-7-19)27-12-10-26(2)11-13-27/h3-9,14,16H,10-13,15H2,1-2H3,(H,25,28). The molecule has 1 amide bonds. The highest BCUT2D eigenvalue weighted by Crippen LogP contribution is 2.21. The number of carbonyl (C=O) groups is 1. The molecule has 0 bridgehead atoms.